The SMILES string of the molecule is [Ir+3].[c-]1ccc(-c2ccccc2)cc1-c1ccc(-c2ccccc2-c2cc(-c3ccccc3-c3ccc(-c4[c-]ccc(-c5ccccc5)c4)nc3)cc(-c3ccccc3-c3c[c-]c(-c4ccccn4)cc3-c3ccccc3)c2)cn1. The molecular weight excluding hydrogens is 1140 g/mol. The minimum absolute atomic E-state index is 0. The van der Waals surface area contributed by atoms with E-state index >= 15 is 0 Å². The third kappa shape index (κ3) is 10.6. The molecule has 0 spiro atoms. The summed E-state index contributed by atoms with van der Waals surface area (Å²) in [5, 5.41) is 0. The summed E-state index contributed by atoms with van der Waals surface area (Å²) in [6.07, 6.45) is 5.83. The molecule has 0 aliphatic heterocycles. The van der Waals surface area contributed by atoms with Gasteiger partial charge in [-0.05, 0) is 114 Å². The van der Waals surface area contributed by atoms with Crippen molar-refractivity contribution in [2.45, 2.75) is 0 Å². The molecule has 0 aliphatic carbocycles. The zero-order valence-corrected chi connectivity index (χ0v) is 45.3. The summed E-state index contributed by atoms with van der Waals surface area (Å²) < 4.78 is 0. The van der Waals surface area contributed by atoms with E-state index in [-0.39, 0.29) is 20.1 Å². The van der Waals surface area contributed by atoms with E-state index in [1.54, 1.807) is 0 Å². The van der Waals surface area contributed by atoms with Gasteiger partial charge < -0.3 is 15.0 Å². The Morgan fingerprint density at radius 3 is 1.06 bits per heavy atom. The van der Waals surface area contributed by atoms with Gasteiger partial charge in [-0.3, -0.25) is 0 Å². The van der Waals surface area contributed by atoms with Gasteiger partial charge in [-0.1, -0.05) is 217 Å². The molecule has 0 saturated carbocycles. The summed E-state index contributed by atoms with van der Waals surface area (Å²) >= 11 is 0. The van der Waals surface area contributed by atoms with Gasteiger partial charge in [0.2, 0.25) is 0 Å². The third-order valence-electron chi connectivity index (χ3n) is 14.4. The van der Waals surface area contributed by atoms with Crippen LogP contribution < -0.4 is 0 Å². The standard InChI is InChI=1S/C75H48N3.Ir/c1-4-20-52(21-5-1)55-26-18-28-57(44-55)74-41-38-60(50-77-74)65-30-10-12-32-67(65)62-46-63(68-33-13-11-31-66(68)61-39-42-75(78-51-61)58-29-19-27-56(45-58)53-22-6-2-7-23-53)48-64(47-62)69-34-14-15-35-70(69)71-40-37-59(73-36-16-17-43-76-73)49-72(71)54-24-8-3-9-25-54;/h1-27,30-36,38-51H;/q-3;+3. The van der Waals surface area contributed by atoms with Crippen molar-refractivity contribution >= 4 is 0 Å². The van der Waals surface area contributed by atoms with E-state index in [2.05, 4.69) is 249 Å². The molecule has 0 fully saturated rings. The second-order valence-corrected chi connectivity index (χ2v) is 19.3. The molecule has 0 unspecified atom stereocenters. The molecule has 13 aromatic rings. The van der Waals surface area contributed by atoms with Crippen LogP contribution in [0.1, 0.15) is 0 Å². The van der Waals surface area contributed by atoms with Crippen molar-refractivity contribution < 1.29 is 20.1 Å². The average molecular weight is 1180 g/mol. The largest absolute Gasteiger partial charge is 3.00 e. The van der Waals surface area contributed by atoms with Crippen LogP contribution in [0.4, 0.5) is 0 Å². The molecule has 0 aliphatic rings. The number of aromatic nitrogens is 3. The van der Waals surface area contributed by atoms with Crippen molar-refractivity contribution in [3.05, 3.63) is 310 Å². The molecule has 4 heteroatoms. The van der Waals surface area contributed by atoms with Gasteiger partial charge in [0.15, 0.2) is 0 Å². The predicted octanol–water partition coefficient (Wildman–Crippen LogP) is 19.3. The van der Waals surface area contributed by atoms with Crippen LogP contribution in [0, 0.1) is 18.2 Å². The summed E-state index contributed by atoms with van der Waals surface area (Å²) in [5.74, 6) is 0. The first-order chi connectivity index (χ1) is 38.7. The quantitative estimate of drug-likeness (QED) is 0.114. The Hall–Kier alpha value is -9.70. The van der Waals surface area contributed by atoms with Gasteiger partial charge in [0, 0.05) is 18.6 Å². The molecule has 0 radical (unpaired) electrons. The van der Waals surface area contributed by atoms with E-state index in [1.165, 1.54) is 0 Å². The summed E-state index contributed by atoms with van der Waals surface area (Å²) in [6.45, 7) is 0. The molecule has 10 aromatic carbocycles. The zero-order chi connectivity index (χ0) is 52.0. The molecule has 0 amide bonds. The predicted molar refractivity (Wildman–Crippen MR) is 322 cm³/mol. The summed E-state index contributed by atoms with van der Waals surface area (Å²) in [4.78, 5) is 14.9. The van der Waals surface area contributed by atoms with Gasteiger partial charge in [0.1, 0.15) is 0 Å². The Balaban J connectivity index is 0.00000623. The van der Waals surface area contributed by atoms with Gasteiger partial charge in [-0.25, -0.2) is 0 Å². The van der Waals surface area contributed by atoms with E-state index < -0.39 is 0 Å². The normalized spacial score (nSPS) is 10.9. The van der Waals surface area contributed by atoms with Crippen LogP contribution in [-0.4, -0.2) is 15.0 Å². The van der Waals surface area contributed by atoms with E-state index in [1.807, 2.05) is 61.1 Å². The fourth-order valence-electron chi connectivity index (χ4n) is 10.6. The van der Waals surface area contributed by atoms with Crippen LogP contribution in [0.2, 0.25) is 0 Å². The molecule has 0 N–H and O–H groups in total. The van der Waals surface area contributed by atoms with Crippen molar-refractivity contribution in [3.63, 3.8) is 0 Å². The first-order valence-electron chi connectivity index (χ1n) is 26.2. The minimum Gasteiger partial charge on any atom is -0.305 e. The van der Waals surface area contributed by atoms with Crippen molar-refractivity contribution in [1.29, 1.82) is 0 Å². The third-order valence-corrected chi connectivity index (χ3v) is 14.4. The van der Waals surface area contributed by atoms with E-state index in [0.29, 0.717) is 0 Å². The fraction of sp³-hybridized carbons (Fsp3) is 0. The molecule has 3 aromatic heterocycles. The fourth-order valence-corrected chi connectivity index (χ4v) is 10.6. The zero-order valence-electron chi connectivity index (χ0n) is 42.9. The second-order valence-electron chi connectivity index (χ2n) is 19.3. The van der Waals surface area contributed by atoms with Gasteiger partial charge in [0.25, 0.3) is 0 Å². The van der Waals surface area contributed by atoms with E-state index in [9.17, 15) is 0 Å². The topological polar surface area (TPSA) is 38.7 Å². The number of rotatable bonds is 12. The van der Waals surface area contributed by atoms with E-state index in [0.717, 1.165) is 134 Å². The molecule has 3 heterocycles. The maximum Gasteiger partial charge on any atom is 3.00 e. The Morgan fingerprint density at radius 1 is 0.228 bits per heavy atom. The van der Waals surface area contributed by atoms with Crippen LogP contribution in [0.5, 0.6) is 0 Å². The minimum atomic E-state index is 0. The van der Waals surface area contributed by atoms with Crippen LogP contribution >= 0.6 is 0 Å². The number of benzene rings is 10. The van der Waals surface area contributed by atoms with Gasteiger partial charge in [-0.15, -0.1) is 94.5 Å². The monoisotopic (exact) mass is 1180 g/mol. The average Bonchev–Trinajstić information content (AvgIpc) is 3.64. The van der Waals surface area contributed by atoms with Gasteiger partial charge in [0.05, 0.1) is 0 Å². The van der Waals surface area contributed by atoms with Crippen LogP contribution in [-0.2, 0) is 20.1 Å². The Kier molecular flexibility index (Phi) is 14.5. The molecule has 0 atom stereocenters. The number of nitrogens with zero attached hydrogens (tertiary/aromatic N) is 3. The first kappa shape index (κ1) is 50.1. The van der Waals surface area contributed by atoms with Crippen LogP contribution in [0.25, 0.3) is 134 Å². The number of hydrogen-bond donors (Lipinski definition) is 0. The Morgan fingerprint density at radius 2 is 0.620 bits per heavy atom. The first-order valence-corrected chi connectivity index (χ1v) is 26.2. The van der Waals surface area contributed by atoms with Crippen LogP contribution in [0.15, 0.2) is 292 Å². The Labute approximate surface area is 475 Å². The molecule has 13 rings (SSSR count). The molecule has 3 nitrogen and oxygen atoms in total. The maximum absolute atomic E-state index is 5.07. The van der Waals surface area contributed by atoms with Gasteiger partial charge in [-0.2, -0.15) is 0 Å². The van der Waals surface area contributed by atoms with Crippen molar-refractivity contribution in [2.24, 2.45) is 0 Å². The van der Waals surface area contributed by atoms with Crippen molar-refractivity contribution in [2.75, 3.05) is 0 Å². The maximum atomic E-state index is 5.07. The molecule has 79 heavy (non-hydrogen) atoms. The van der Waals surface area contributed by atoms with Crippen molar-refractivity contribution in [1.82, 2.24) is 15.0 Å². The molecule has 372 valence electrons. The van der Waals surface area contributed by atoms with E-state index in [4.69, 9.17) is 15.0 Å². The second kappa shape index (κ2) is 22.9. The van der Waals surface area contributed by atoms with Crippen LogP contribution in [0.3, 0.4) is 0 Å². The summed E-state index contributed by atoms with van der Waals surface area (Å²) in [7, 11) is 0. The Bertz CT molecular complexity index is 4030. The smallest absolute Gasteiger partial charge is 0.305 e. The number of pyridine rings is 3. The molecular formula is C75H48IrN3. The molecule has 0 saturated heterocycles. The van der Waals surface area contributed by atoms with Crippen molar-refractivity contribution in [3.8, 4) is 134 Å². The summed E-state index contributed by atoms with van der Waals surface area (Å²) in [5.41, 5.74) is 25.2. The summed E-state index contributed by atoms with van der Waals surface area (Å²) in [6, 6.07) is 107. The molecule has 0 bridgehead atoms. The number of hydrogen-bond acceptors (Lipinski definition) is 3. The van der Waals surface area contributed by atoms with Gasteiger partial charge >= 0.3 is 20.1 Å².